The first-order chi connectivity index (χ1) is 16.9. The average molecular weight is 483 g/mol. The van der Waals surface area contributed by atoms with Gasteiger partial charge in [-0.05, 0) is 67.0 Å². The first-order valence-corrected chi connectivity index (χ1v) is 12.6. The lowest BCUT2D eigenvalue weighted by Gasteiger charge is -2.16. The van der Waals surface area contributed by atoms with E-state index in [0.717, 1.165) is 43.1 Å². The van der Waals surface area contributed by atoms with E-state index >= 15 is 0 Å². The van der Waals surface area contributed by atoms with Gasteiger partial charge in [-0.1, -0.05) is 63.3 Å². The van der Waals surface area contributed by atoms with Crippen LogP contribution in [0.25, 0.3) is 0 Å². The van der Waals surface area contributed by atoms with Gasteiger partial charge in [0, 0.05) is 17.6 Å². The Morgan fingerprint density at radius 3 is 2.40 bits per heavy atom. The summed E-state index contributed by atoms with van der Waals surface area (Å²) in [4.78, 5) is 8.13. The van der Waals surface area contributed by atoms with Crippen LogP contribution in [-0.4, -0.2) is 9.97 Å². The van der Waals surface area contributed by atoms with Crippen LogP contribution < -0.4 is 10.6 Å². The monoisotopic (exact) mass is 482 g/mol. The maximum Gasteiger partial charge on any atom is 0.421 e. The van der Waals surface area contributed by atoms with Crippen molar-refractivity contribution >= 4 is 23.1 Å². The lowest BCUT2D eigenvalue weighted by atomic mass is 9.98. The molecule has 2 aromatic carbocycles. The molecule has 2 N–H and O–H groups in total. The number of unbranched alkanes of at least 4 members (excludes halogenated alkanes) is 3. The predicted octanol–water partition coefficient (Wildman–Crippen LogP) is 8.76. The SMILES string of the molecule is CCCCCCc1cccc(Nc2nc(Nc3ccc(C4CCCC4)cc3)ncc2C(F)(F)F)c1. The molecule has 0 bridgehead atoms. The minimum Gasteiger partial charge on any atom is -0.340 e. The normalized spacial score (nSPS) is 14.3. The Labute approximate surface area is 205 Å². The second-order valence-corrected chi connectivity index (χ2v) is 9.32. The van der Waals surface area contributed by atoms with Crippen molar-refractivity contribution in [1.82, 2.24) is 9.97 Å². The molecule has 4 rings (SSSR count). The van der Waals surface area contributed by atoms with E-state index in [9.17, 15) is 13.2 Å². The summed E-state index contributed by atoms with van der Waals surface area (Å²) in [5.41, 5.74) is 2.82. The molecule has 0 amide bonds. The van der Waals surface area contributed by atoms with Crippen molar-refractivity contribution in [1.29, 1.82) is 0 Å². The third kappa shape index (κ3) is 6.96. The molecule has 0 atom stereocenters. The number of anilines is 4. The summed E-state index contributed by atoms with van der Waals surface area (Å²) in [5.74, 6) is 0.454. The highest BCUT2D eigenvalue weighted by Gasteiger charge is 2.35. The summed E-state index contributed by atoms with van der Waals surface area (Å²) in [6, 6.07) is 15.5. The van der Waals surface area contributed by atoms with Crippen LogP contribution in [0.1, 0.15) is 80.9 Å². The van der Waals surface area contributed by atoms with Gasteiger partial charge in [0.05, 0.1) is 0 Å². The summed E-state index contributed by atoms with van der Waals surface area (Å²) >= 11 is 0. The molecular weight excluding hydrogens is 449 g/mol. The molecule has 0 aliphatic heterocycles. The zero-order chi connectivity index (χ0) is 24.7. The number of halogens is 3. The third-order valence-electron chi connectivity index (χ3n) is 6.60. The number of aryl methyl sites for hydroxylation is 1. The van der Waals surface area contributed by atoms with Gasteiger partial charge < -0.3 is 10.6 Å². The summed E-state index contributed by atoms with van der Waals surface area (Å²) < 4.78 is 41.0. The molecule has 0 unspecified atom stereocenters. The van der Waals surface area contributed by atoms with Crippen LogP contribution in [0.2, 0.25) is 0 Å². The van der Waals surface area contributed by atoms with Crippen molar-refractivity contribution in [3.05, 3.63) is 71.4 Å². The lowest BCUT2D eigenvalue weighted by molar-refractivity contribution is -0.137. The topological polar surface area (TPSA) is 49.8 Å². The predicted molar refractivity (Wildman–Crippen MR) is 136 cm³/mol. The maximum absolute atomic E-state index is 13.7. The van der Waals surface area contributed by atoms with E-state index in [-0.39, 0.29) is 11.8 Å². The Morgan fingerprint density at radius 2 is 1.69 bits per heavy atom. The molecule has 3 aromatic rings. The molecule has 1 aliphatic rings. The van der Waals surface area contributed by atoms with Gasteiger partial charge in [0.1, 0.15) is 11.4 Å². The minimum absolute atomic E-state index is 0.116. The minimum atomic E-state index is -4.57. The van der Waals surface area contributed by atoms with E-state index in [2.05, 4.69) is 39.7 Å². The molecule has 0 spiro atoms. The zero-order valence-electron chi connectivity index (χ0n) is 20.2. The fourth-order valence-corrected chi connectivity index (χ4v) is 4.67. The molecule has 4 nitrogen and oxygen atoms in total. The summed E-state index contributed by atoms with van der Waals surface area (Å²) in [7, 11) is 0. The highest BCUT2D eigenvalue weighted by molar-refractivity contribution is 5.63. The average Bonchev–Trinajstić information content (AvgIpc) is 3.37. The fourth-order valence-electron chi connectivity index (χ4n) is 4.67. The van der Waals surface area contributed by atoms with Gasteiger partial charge in [0.25, 0.3) is 0 Å². The Hall–Kier alpha value is -3.09. The number of benzene rings is 2. The van der Waals surface area contributed by atoms with E-state index < -0.39 is 11.7 Å². The Balaban J connectivity index is 1.50. The van der Waals surface area contributed by atoms with Crippen molar-refractivity contribution in [2.24, 2.45) is 0 Å². The lowest BCUT2D eigenvalue weighted by Crippen LogP contribution is -2.12. The Morgan fingerprint density at radius 1 is 0.914 bits per heavy atom. The Bertz CT molecular complexity index is 1090. The van der Waals surface area contributed by atoms with Crippen molar-refractivity contribution in [3.8, 4) is 0 Å². The second kappa shape index (κ2) is 11.6. The van der Waals surface area contributed by atoms with E-state index in [4.69, 9.17) is 0 Å². The van der Waals surface area contributed by atoms with Crippen LogP contribution in [0.5, 0.6) is 0 Å². The molecule has 1 heterocycles. The molecule has 1 aliphatic carbocycles. The van der Waals surface area contributed by atoms with Gasteiger partial charge in [-0.3, -0.25) is 0 Å². The molecule has 186 valence electrons. The third-order valence-corrected chi connectivity index (χ3v) is 6.60. The van der Waals surface area contributed by atoms with Crippen molar-refractivity contribution < 1.29 is 13.2 Å². The van der Waals surface area contributed by atoms with Crippen LogP contribution in [0.3, 0.4) is 0 Å². The number of rotatable bonds is 10. The van der Waals surface area contributed by atoms with E-state index in [1.807, 2.05) is 30.3 Å². The molecule has 1 aromatic heterocycles. The van der Waals surface area contributed by atoms with Crippen LogP contribution >= 0.6 is 0 Å². The molecule has 1 fully saturated rings. The zero-order valence-corrected chi connectivity index (χ0v) is 20.2. The summed E-state index contributed by atoms with van der Waals surface area (Å²) in [6.45, 7) is 2.17. The number of aromatic nitrogens is 2. The fraction of sp³-hybridized carbons (Fsp3) is 0.429. The van der Waals surface area contributed by atoms with Crippen LogP contribution in [0.15, 0.2) is 54.7 Å². The maximum atomic E-state index is 13.7. The van der Waals surface area contributed by atoms with Crippen molar-refractivity contribution in [2.75, 3.05) is 10.6 Å². The summed E-state index contributed by atoms with van der Waals surface area (Å²) in [5, 5.41) is 5.93. The van der Waals surface area contributed by atoms with Gasteiger partial charge in [0.15, 0.2) is 0 Å². The van der Waals surface area contributed by atoms with Crippen LogP contribution in [-0.2, 0) is 12.6 Å². The van der Waals surface area contributed by atoms with Crippen molar-refractivity contribution in [2.45, 2.75) is 76.8 Å². The number of hydrogen-bond donors (Lipinski definition) is 2. The van der Waals surface area contributed by atoms with Crippen molar-refractivity contribution in [3.63, 3.8) is 0 Å². The van der Waals surface area contributed by atoms with Gasteiger partial charge >= 0.3 is 6.18 Å². The quantitative estimate of drug-likeness (QED) is 0.284. The summed E-state index contributed by atoms with van der Waals surface area (Å²) in [6.07, 6.45) is 6.68. The van der Waals surface area contributed by atoms with Gasteiger partial charge in [-0.2, -0.15) is 18.2 Å². The number of hydrogen-bond acceptors (Lipinski definition) is 4. The van der Waals surface area contributed by atoms with Gasteiger partial charge in [0.2, 0.25) is 5.95 Å². The van der Waals surface area contributed by atoms with E-state index in [0.29, 0.717) is 11.6 Å². The molecular formula is C28H33F3N4. The Kier molecular flexibility index (Phi) is 8.26. The first-order valence-electron chi connectivity index (χ1n) is 12.6. The van der Waals surface area contributed by atoms with Gasteiger partial charge in [-0.15, -0.1) is 0 Å². The number of nitrogens with zero attached hydrogens (tertiary/aromatic N) is 2. The largest absolute Gasteiger partial charge is 0.421 e. The number of nitrogens with one attached hydrogen (secondary N) is 2. The highest BCUT2D eigenvalue weighted by atomic mass is 19.4. The van der Waals surface area contributed by atoms with Crippen LogP contribution in [0, 0.1) is 0 Å². The first kappa shape index (κ1) is 25.0. The standard InChI is InChI=1S/C28H33F3N4/c1-2-3-4-5-9-20-10-8-13-24(18-20)33-26-25(28(29,30)31)19-32-27(35-26)34-23-16-14-22(15-17-23)21-11-6-7-12-21/h8,10,13-19,21H,2-7,9,11-12H2,1H3,(H2,32,33,34,35). The molecule has 7 heteroatoms. The highest BCUT2D eigenvalue weighted by Crippen LogP contribution is 2.36. The molecule has 0 radical (unpaired) electrons. The van der Waals surface area contributed by atoms with E-state index in [1.165, 1.54) is 37.7 Å². The van der Waals surface area contributed by atoms with E-state index in [1.54, 1.807) is 6.07 Å². The number of alkyl halides is 3. The second-order valence-electron chi connectivity index (χ2n) is 9.32. The van der Waals surface area contributed by atoms with Crippen LogP contribution in [0.4, 0.5) is 36.3 Å². The van der Waals surface area contributed by atoms with Gasteiger partial charge in [-0.25, -0.2) is 4.98 Å². The molecule has 1 saturated carbocycles. The smallest absolute Gasteiger partial charge is 0.340 e. The molecule has 0 saturated heterocycles. The molecule has 35 heavy (non-hydrogen) atoms.